The third kappa shape index (κ3) is 4.26. The van der Waals surface area contributed by atoms with Gasteiger partial charge in [0.25, 0.3) is 0 Å². The van der Waals surface area contributed by atoms with Crippen LogP contribution in [0.4, 0.5) is 5.69 Å². The standard InChI is InChI=1S/C18H20N2O5/c1-23-17-6-5-12(9-19-17)10-24-11-16(22)20-14-4-2-3-13-15(21)7-8-25-18(13)14/h2-6,9,15,21H,7-8,10-11H2,1H3,(H,20,22). The lowest BCUT2D eigenvalue weighted by molar-refractivity contribution is -0.121. The normalized spacial score (nSPS) is 15.8. The first kappa shape index (κ1) is 17.2. The lowest BCUT2D eigenvalue weighted by Crippen LogP contribution is -2.21. The number of benzene rings is 1. The Labute approximate surface area is 145 Å². The van der Waals surface area contributed by atoms with Crippen molar-refractivity contribution in [2.24, 2.45) is 0 Å². The van der Waals surface area contributed by atoms with E-state index in [0.717, 1.165) is 5.56 Å². The summed E-state index contributed by atoms with van der Waals surface area (Å²) in [4.78, 5) is 16.2. The molecule has 1 aliphatic heterocycles. The molecule has 132 valence electrons. The highest BCUT2D eigenvalue weighted by molar-refractivity contribution is 5.93. The van der Waals surface area contributed by atoms with Crippen LogP contribution in [0.25, 0.3) is 0 Å². The summed E-state index contributed by atoms with van der Waals surface area (Å²) < 4.78 is 16.0. The molecular weight excluding hydrogens is 324 g/mol. The maximum absolute atomic E-state index is 12.1. The largest absolute Gasteiger partial charge is 0.491 e. The molecule has 0 saturated heterocycles. The number of hydrogen-bond acceptors (Lipinski definition) is 6. The molecule has 0 fully saturated rings. The van der Waals surface area contributed by atoms with Crippen LogP contribution in [0.3, 0.4) is 0 Å². The summed E-state index contributed by atoms with van der Waals surface area (Å²) in [6, 6.07) is 8.87. The van der Waals surface area contributed by atoms with E-state index in [9.17, 15) is 9.90 Å². The number of anilines is 1. The summed E-state index contributed by atoms with van der Waals surface area (Å²) in [6.07, 6.45) is 1.61. The molecule has 3 rings (SSSR count). The Morgan fingerprint density at radius 1 is 1.40 bits per heavy atom. The summed E-state index contributed by atoms with van der Waals surface area (Å²) in [5.74, 6) is 0.755. The van der Waals surface area contributed by atoms with E-state index in [1.165, 1.54) is 0 Å². The fourth-order valence-electron chi connectivity index (χ4n) is 2.57. The van der Waals surface area contributed by atoms with E-state index in [1.54, 1.807) is 37.6 Å². The number of aliphatic hydroxyl groups is 1. The summed E-state index contributed by atoms with van der Waals surface area (Å²) in [6.45, 7) is 0.590. The quantitative estimate of drug-likeness (QED) is 0.834. The molecule has 1 atom stereocenters. The van der Waals surface area contributed by atoms with Crippen molar-refractivity contribution in [2.45, 2.75) is 19.1 Å². The van der Waals surface area contributed by atoms with Gasteiger partial charge in [0.15, 0.2) is 0 Å². The van der Waals surface area contributed by atoms with Crippen molar-refractivity contribution in [3.05, 3.63) is 47.7 Å². The van der Waals surface area contributed by atoms with Crippen molar-refractivity contribution in [1.29, 1.82) is 0 Å². The second-order valence-electron chi connectivity index (χ2n) is 5.63. The molecule has 1 unspecified atom stereocenters. The summed E-state index contributed by atoms with van der Waals surface area (Å²) in [5.41, 5.74) is 2.07. The van der Waals surface area contributed by atoms with Gasteiger partial charge in [-0.3, -0.25) is 4.79 Å². The third-order valence-corrected chi connectivity index (χ3v) is 3.82. The highest BCUT2D eigenvalue weighted by Gasteiger charge is 2.22. The molecule has 7 nitrogen and oxygen atoms in total. The van der Waals surface area contributed by atoms with Gasteiger partial charge in [0.2, 0.25) is 11.8 Å². The first-order chi connectivity index (χ1) is 12.2. The van der Waals surface area contributed by atoms with Gasteiger partial charge in [0.05, 0.1) is 32.1 Å². The van der Waals surface area contributed by atoms with Crippen molar-refractivity contribution in [1.82, 2.24) is 4.98 Å². The molecule has 1 amide bonds. The number of methoxy groups -OCH3 is 1. The molecule has 0 aliphatic carbocycles. The Hall–Kier alpha value is -2.64. The van der Waals surface area contributed by atoms with Crippen molar-refractivity contribution < 1.29 is 24.1 Å². The van der Waals surface area contributed by atoms with Gasteiger partial charge in [-0.2, -0.15) is 0 Å². The molecule has 0 radical (unpaired) electrons. The van der Waals surface area contributed by atoms with E-state index in [2.05, 4.69) is 10.3 Å². The molecule has 1 aliphatic rings. The number of fused-ring (bicyclic) bond motifs is 1. The molecule has 25 heavy (non-hydrogen) atoms. The van der Waals surface area contributed by atoms with Crippen LogP contribution in [0.15, 0.2) is 36.5 Å². The molecule has 0 spiro atoms. The van der Waals surface area contributed by atoms with E-state index in [1.807, 2.05) is 6.07 Å². The predicted molar refractivity (Wildman–Crippen MR) is 90.6 cm³/mol. The highest BCUT2D eigenvalue weighted by Crippen LogP contribution is 2.37. The van der Waals surface area contributed by atoms with E-state index in [0.29, 0.717) is 35.9 Å². The number of carbonyl (C=O) groups excluding carboxylic acids is 1. The van der Waals surface area contributed by atoms with Crippen molar-refractivity contribution >= 4 is 11.6 Å². The van der Waals surface area contributed by atoms with Gasteiger partial charge in [-0.15, -0.1) is 0 Å². The van der Waals surface area contributed by atoms with E-state index in [-0.39, 0.29) is 19.1 Å². The predicted octanol–water partition coefficient (Wildman–Crippen LogP) is 2.06. The number of ether oxygens (including phenoxy) is 3. The van der Waals surface area contributed by atoms with Crippen LogP contribution in [0.5, 0.6) is 11.6 Å². The third-order valence-electron chi connectivity index (χ3n) is 3.82. The molecule has 2 heterocycles. The number of carbonyl (C=O) groups is 1. The number of hydrogen-bond donors (Lipinski definition) is 2. The Balaban J connectivity index is 1.53. The maximum Gasteiger partial charge on any atom is 0.250 e. The number of rotatable bonds is 6. The summed E-state index contributed by atoms with van der Waals surface area (Å²) in [7, 11) is 1.55. The second-order valence-corrected chi connectivity index (χ2v) is 5.63. The molecule has 0 saturated carbocycles. The number of para-hydroxylation sites is 1. The van der Waals surface area contributed by atoms with Gasteiger partial charge in [-0.1, -0.05) is 12.1 Å². The number of aliphatic hydroxyl groups excluding tert-OH is 1. The first-order valence-corrected chi connectivity index (χ1v) is 7.97. The number of pyridine rings is 1. The minimum atomic E-state index is -0.570. The van der Waals surface area contributed by atoms with Gasteiger partial charge in [0, 0.05) is 24.2 Å². The Bertz CT molecular complexity index is 733. The average Bonchev–Trinajstić information content (AvgIpc) is 2.63. The molecule has 1 aromatic heterocycles. The van der Waals surface area contributed by atoms with E-state index >= 15 is 0 Å². The smallest absolute Gasteiger partial charge is 0.250 e. The van der Waals surface area contributed by atoms with Gasteiger partial charge in [-0.05, 0) is 17.7 Å². The number of nitrogens with one attached hydrogen (secondary N) is 1. The Morgan fingerprint density at radius 3 is 3.04 bits per heavy atom. The SMILES string of the molecule is COc1ccc(COCC(=O)Nc2cccc3c2OCCC3O)cn1. The Kier molecular flexibility index (Phi) is 5.47. The topological polar surface area (TPSA) is 89.9 Å². The number of aromatic nitrogens is 1. The van der Waals surface area contributed by atoms with Crippen LogP contribution in [-0.4, -0.2) is 36.3 Å². The van der Waals surface area contributed by atoms with Gasteiger partial charge >= 0.3 is 0 Å². The van der Waals surface area contributed by atoms with E-state index in [4.69, 9.17) is 14.2 Å². The minimum Gasteiger partial charge on any atom is -0.491 e. The highest BCUT2D eigenvalue weighted by atomic mass is 16.5. The molecule has 0 bridgehead atoms. The fraction of sp³-hybridized carbons (Fsp3) is 0.333. The number of amides is 1. The molecule has 7 heteroatoms. The minimum absolute atomic E-state index is 0.0990. The van der Waals surface area contributed by atoms with Crippen LogP contribution in [-0.2, 0) is 16.1 Å². The van der Waals surface area contributed by atoms with E-state index < -0.39 is 6.10 Å². The van der Waals surface area contributed by atoms with Crippen LogP contribution >= 0.6 is 0 Å². The van der Waals surface area contributed by atoms with Crippen LogP contribution in [0, 0.1) is 0 Å². The summed E-state index contributed by atoms with van der Waals surface area (Å²) >= 11 is 0. The van der Waals surface area contributed by atoms with Crippen LogP contribution in [0.1, 0.15) is 23.7 Å². The maximum atomic E-state index is 12.1. The van der Waals surface area contributed by atoms with Gasteiger partial charge < -0.3 is 24.6 Å². The van der Waals surface area contributed by atoms with Crippen molar-refractivity contribution in [2.75, 3.05) is 25.6 Å². The summed E-state index contributed by atoms with van der Waals surface area (Å²) in [5, 5.41) is 12.8. The second kappa shape index (κ2) is 7.96. The van der Waals surface area contributed by atoms with Crippen LogP contribution in [0.2, 0.25) is 0 Å². The number of nitrogens with zero attached hydrogens (tertiary/aromatic N) is 1. The molecule has 2 N–H and O–H groups in total. The zero-order valence-corrected chi connectivity index (χ0v) is 13.9. The van der Waals surface area contributed by atoms with Gasteiger partial charge in [0.1, 0.15) is 12.4 Å². The van der Waals surface area contributed by atoms with Crippen molar-refractivity contribution in [3.8, 4) is 11.6 Å². The average molecular weight is 344 g/mol. The first-order valence-electron chi connectivity index (χ1n) is 7.97. The lowest BCUT2D eigenvalue weighted by Gasteiger charge is -2.24. The molecule has 1 aromatic carbocycles. The van der Waals surface area contributed by atoms with Crippen LogP contribution < -0.4 is 14.8 Å². The Morgan fingerprint density at radius 2 is 2.28 bits per heavy atom. The molecular formula is C18H20N2O5. The molecule has 2 aromatic rings. The zero-order valence-electron chi connectivity index (χ0n) is 13.9. The monoisotopic (exact) mass is 344 g/mol. The fourth-order valence-corrected chi connectivity index (χ4v) is 2.57. The zero-order chi connectivity index (χ0) is 17.6. The lowest BCUT2D eigenvalue weighted by atomic mass is 10.0. The van der Waals surface area contributed by atoms with Gasteiger partial charge in [-0.25, -0.2) is 4.98 Å². The van der Waals surface area contributed by atoms with Crippen molar-refractivity contribution in [3.63, 3.8) is 0 Å².